The maximum atomic E-state index is 5.96. The van der Waals surface area contributed by atoms with Crippen LogP contribution in [0.5, 0.6) is 0 Å². The fourth-order valence-electron chi connectivity index (χ4n) is 1.96. The molecule has 1 heterocycles. The minimum absolute atomic E-state index is 0.411. The molecule has 2 rings (SSSR count). The van der Waals surface area contributed by atoms with Crippen molar-refractivity contribution in [3.05, 3.63) is 18.1 Å². The molecule has 1 fully saturated rings. The first kappa shape index (κ1) is 10.1. The molecule has 0 aromatic carbocycles. The molecule has 0 radical (unpaired) electrons. The van der Waals surface area contributed by atoms with Gasteiger partial charge in [-0.3, -0.25) is 0 Å². The summed E-state index contributed by atoms with van der Waals surface area (Å²) in [5.41, 5.74) is 5.96. The topological polar surface area (TPSA) is 39.2 Å². The largest absolute Gasteiger partial charge is 0.468 e. The van der Waals surface area contributed by atoms with Crippen LogP contribution in [0, 0.1) is 6.92 Å². The molecule has 0 amide bonds. The number of hydrogen-bond acceptors (Lipinski definition) is 3. The van der Waals surface area contributed by atoms with Crippen molar-refractivity contribution in [2.45, 2.75) is 48.8 Å². The Balaban J connectivity index is 1.94. The van der Waals surface area contributed by atoms with Crippen LogP contribution in [0.2, 0.25) is 0 Å². The molecule has 1 aromatic heterocycles. The first-order valence-electron chi connectivity index (χ1n) is 5.22. The highest BCUT2D eigenvalue weighted by Gasteiger charge is 2.20. The zero-order valence-corrected chi connectivity index (χ0v) is 9.35. The minimum Gasteiger partial charge on any atom is -0.468 e. The summed E-state index contributed by atoms with van der Waals surface area (Å²) >= 11 is 1.93. The molecule has 2 unspecified atom stereocenters. The number of rotatable bonds is 2. The van der Waals surface area contributed by atoms with Crippen molar-refractivity contribution in [3.8, 4) is 0 Å². The van der Waals surface area contributed by atoms with E-state index in [4.69, 9.17) is 10.2 Å². The summed E-state index contributed by atoms with van der Waals surface area (Å²) in [4.78, 5) is 1.28. The Hall–Kier alpha value is -0.410. The second kappa shape index (κ2) is 4.41. The van der Waals surface area contributed by atoms with Gasteiger partial charge in [0.25, 0.3) is 0 Å². The van der Waals surface area contributed by atoms with E-state index in [0.29, 0.717) is 11.3 Å². The quantitative estimate of drug-likeness (QED) is 0.817. The molecule has 0 spiro atoms. The highest BCUT2D eigenvalue weighted by atomic mass is 32.2. The van der Waals surface area contributed by atoms with Gasteiger partial charge in [-0.15, -0.1) is 11.8 Å². The van der Waals surface area contributed by atoms with Crippen LogP contribution in [0.1, 0.15) is 31.4 Å². The first-order valence-corrected chi connectivity index (χ1v) is 6.10. The molecule has 1 aliphatic rings. The van der Waals surface area contributed by atoms with Crippen LogP contribution in [0.15, 0.2) is 21.6 Å². The van der Waals surface area contributed by atoms with Gasteiger partial charge in [0.05, 0.1) is 6.26 Å². The third-order valence-electron chi connectivity index (χ3n) is 2.77. The van der Waals surface area contributed by atoms with E-state index in [0.717, 1.165) is 12.2 Å². The first-order chi connectivity index (χ1) is 6.75. The molecule has 2 nitrogen and oxygen atoms in total. The second-order valence-corrected chi connectivity index (χ2v) is 5.35. The van der Waals surface area contributed by atoms with E-state index in [-0.39, 0.29) is 0 Å². The van der Waals surface area contributed by atoms with Crippen LogP contribution in [-0.4, -0.2) is 11.3 Å². The zero-order chi connectivity index (χ0) is 9.97. The summed E-state index contributed by atoms with van der Waals surface area (Å²) in [6, 6.07) is 2.47. The average molecular weight is 211 g/mol. The highest BCUT2D eigenvalue weighted by molar-refractivity contribution is 8.00. The average Bonchev–Trinajstić information content (AvgIpc) is 2.52. The molecule has 0 bridgehead atoms. The van der Waals surface area contributed by atoms with Crippen LogP contribution >= 0.6 is 11.8 Å². The van der Waals surface area contributed by atoms with E-state index in [9.17, 15) is 0 Å². The van der Waals surface area contributed by atoms with Gasteiger partial charge in [-0.05, 0) is 32.3 Å². The standard InChI is InChI=1S/C11H17NOS/c1-8-11(5-6-13-8)14-10-4-2-3-9(12)7-10/h5-6,9-10H,2-4,7,12H2,1H3. The molecule has 1 saturated carbocycles. The Morgan fingerprint density at radius 1 is 1.50 bits per heavy atom. The molecule has 1 aromatic rings. The van der Waals surface area contributed by atoms with Crippen LogP contribution in [0.25, 0.3) is 0 Å². The molecule has 1 aliphatic carbocycles. The Labute approximate surface area is 89.2 Å². The minimum atomic E-state index is 0.411. The summed E-state index contributed by atoms with van der Waals surface area (Å²) < 4.78 is 5.28. The number of thioether (sulfide) groups is 1. The molecular formula is C11H17NOS. The van der Waals surface area contributed by atoms with Gasteiger partial charge >= 0.3 is 0 Å². The van der Waals surface area contributed by atoms with Gasteiger partial charge in [0.15, 0.2) is 0 Å². The molecular weight excluding hydrogens is 194 g/mol. The lowest BCUT2D eigenvalue weighted by Gasteiger charge is -2.25. The lowest BCUT2D eigenvalue weighted by atomic mass is 9.96. The third kappa shape index (κ3) is 2.34. The number of nitrogens with two attached hydrogens (primary N) is 1. The fraction of sp³-hybridized carbons (Fsp3) is 0.636. The van der Waals surface area contributed by atoms with Gasteiger partial charge < -0.3 is 10.2 Å². The molecule has 3 heteroatoms. The lowest BCUT2D eigenvalue weighted by Crippen LogP contribution is -2.29. The van der Waals surface area contributed by atoms with E-state index in [1.807, 2.05) is 18.7 Å². The van der Waals surface area contributed by atoms with Gasteiger partial charge in [-0.25, -0.2) is 0 Å². The maximum Gasteiger partial charge on any atom is 0.114 e. The Morgan fingerprint density at radius 3 is 3.00 bits per heavy atom. The van der Waals surface area contributed by atoms with Crippen molar-refractivity contribution >= 4 is 11.8 Å². The van der Waals surface area contributed by atoms with E-state index < -0.39 is 0 Å². The zero-order valence-electron chi connectivity index (χ0n) is 8.53. The molecule has 14 heavy (non-hydrogen) atoms. The van der Waals surface area contributed by atoms with Gasteiger partial charge in [0, 0.05) is 16.2 Å². The van der Waals surface area contributed by atoms with Crippen molar-refractivity contribution in [2.75, 3.05) is 0 Å². The predicted molar refractivity (Wildman–Crippen MR) is 59.5 cm³/mol. The fourth-order valence-corrected chi connectivity index (χ4v) is 3.30. The molecule has 0 aliphatic heterocycles. The summed E-state index contributed by atoms with van der Waals surface area (Å²) in [5, 5.41) is 0.690. The normalized spacial score (nSPS) is 27.9. The molecule has 2 N–H and O–H groups in total. The van der Waals surface area contributed by atoms with Crippen molar-refractivity contribution < 1.29 is 4.42 Å². The number of aryl methyl sites for hydroxylation is 1. The third-order valence-corrected chi connectivity index (χ3v) is 4.21. The highest BCUT2D eigenvalue weighted by Crippen LogP contribution is 2.35. The van der Waals surface area contributed by atoms with E-state index in [1.165, 1.54) is 24.2 Å². The van der Waals surface area contributed by atoms with Crippen LogP contribution < -0.4 is 5.73 Å². The van der Waals surface area contributed by atoms with Gasteiger partial charge in [0.1, 0.15) is 5.76 Å². The summed E-state index contributed by atoms with van der Waals surface area (Å²) in [7, 11) is 0. The van der Waals surface area contributed by atoms with Crippen LogP contribution in [0.4, 0.5) is 0 Å². The molecule has 0 saturated heterocycles. The van der Waals surface area contributed by atoms with Gasteiger partial charge in [0.2, 0.25) is 0 Å². The maximum absolute atomic E-state index is 5.96. The number of hydrogen-bond donors (Lipinski definition) is 1. The van der Waals surface area contributed by atoms with Crippen molar-refractivity contribution in [1.29, 1.82) is 0 Å². The number of furan rings is 1. The smallest absolute Gasteiger partial charge is 0.114 e. The van der Waals surface area contributed by atoms with Crippen molar-refractivity contribution in [2.24, 2.45) is 5.73 Å². The Bertz CT molecular complexity index is 297. The van der Waals surface area contributed by atoms with Crippen molar-refractivity contribution in [3.63, 3.8) is 0 Å². The monoisotopic (exact) mass is 211 g/mol. The van der Waals surface area contributed by atoms with Crippen LogP contribution in [0.3, 0.4) is 0 Å². The SMILES string of the molecule is Cc1occc1SC1CCCC(N)C1. The summed E-state index contributed by atoms with van der Waals surface area (Å²) in [6.45, 7) is 2.02. The summed E-state index contributed by atoms with van der Waals surface area (Å²) in [6.07, 6.45) is 6.68. The van der Waals surface area contributed by atoms with E-state index >= 15 is 0 Å². The van der Waals surface area contributed by atoms with Crippen molar-refractivity contribution in [1.82, 2.24) is 0 Å². The van der Waals surface area contributed by atoms with E-state index in [1.54, 1.807) is 6.26 Å². The van der Waals surface area contributed by atoms with Gasteiger partial charge in [-0.2, -0.15) is 0 Å². The van der Waals surface area contributed by atoms with Gasteiger partial charge in [-0.1, -0.05) is 6.42 Å². The predicted octanol–water partition coefficient (Wildman–Crippen LogP) is 2.95. The molecule has 2 atom stereocenters. The Morgan fingerprint density at radius 2 is 2.36 bits per heavy atom. The molecule has 78 valence electrons. The van der Waals surface area contributed by atoms with Crippen LogP contribution in [-0.2, 0) is 0 Å². The summed E-state index contributed by atoms with van der Waals surface area (Å²) in [5.74, 6) is 1.04. The van der Waals surface area contributed by atoms with E-state index in [2.05, 4.69) is 6.07 Å². The lowest BCUT2D eigenvalue weighted by molar-refractivity contribution is 0.451. The Kier molecular flexibility index (Phi) is 3.19. The second-order valence-electron chi connectivity index (χ2n) is 4.01.